The van der Waals surface area contributed by atoms with E-state index < -0.39 is 0 Å². The minimum atomic E-state index is 0.0662. The second-order valence-corrected chi connectivity index (χ2v) is 8.30. The highest BCUT2D eigenvalue weighted by atomic mass is 35.5. The average molecular weight is 397 g/mol. The van der Waals surface area contributed by atoms with E-state index >= 15 is 0 Å². The van der Waals surface area contributed by atoms with Crippen LogP contribution in [-0.2, 0) is 4.79 Å². The minimum Gasteiger partial charge on any atom is -0.283 e. The normalized spacial score (nSPS) is 21.4. The Labute approximate surface area is 169 Å². The Kier molecular flexibility index (Phi) is 5.65. The maximum absolute atomic E-state index is 13.2. The number of nitrogens with zero attached hydrogens (tertiary/aromatic N) is 2. The summed E-state index contributed by atoms with van der Waals surface area (Å²) >= 11 is 7.44. The summed E-state index contributed by atoms with van der Waals surface area (Å²) in [6.07, 6.45) is 7.64. The molecule has 2 aromatic carbocycles. The molecule has 0 bridgehead atoms. The van der Waals surface area contributed by atoms with Gasteiger partial charge in [0, 0.05) is 11.1 Å². The third kappa shape index (κ3) is 4.28. The van der Waals surface area contributed by atoms with E-state index in [-0.39, 0.29) is 11.9 Å². The van der Waals surface area contributed by atoms with Crippen LogP contribution in [0.3, 0.4) is 0 Å². The quantitative estimate of drug-likeness (QED) is 0.572. The van der Waals surface area contributed by atoms with E-state index in [9.17, 15) is 4.79 Å². The zero-order valence-electron chi connectivity index (χ0n) is 15.0. The summed E-state index contributed by atoms with van der Waals surface area (Å²) in [6, 6.07) is 17.6. The Balaban J connectivity index is 1.68. The van der Waals surface area contributed by atoms with Gasteiger partial charge in [0.15, 0.2) is 5.17 Å². The van der Waals surface area contributed by atoms with Crippen LogP contribution < -0.4 is 0 Å². The molecular weight excluding hydrogens is 376 g/mol. The van der Waals surface area contributed by atoms with Gasteiger partial charge >= 0.3 is 0 Å². The van der Waals surface area contributed by atoms with Gasteiger partial charge in [0.05, 0.1) is 10.6 Å². The van der Waals surface area contributed by atoms with Crippen LogP contribution in [0.25, 0.3) is 6.08 Å². The van der Waals surface area contributed by atoms with E-state index in [2.05, 4.69) is 0 Å². The number of halogens is 1. The van der Waals surface area contributed by atoms with Gasteiger partial charge in [-0.2, -0.15) is 0 Å². The second kappa shape index (κ2) is 8.32. The Hall–Kier alpha value is -2.04. The van der Waals surface area contributed by atoms with Crippen molar-refractivity contribution in [3.05, 3.63) is 70.1 Å². The lowest BCUT2D eigenvalue weighted by molar-refractivity contribution is -0.124. The predicted octanol–water partition coefficient (Wildman–Crippen LogP) is 6.28. The molecule has 2 fully saturated rings. The van der Waals surface area contributed by atoms with Crippen molar-refractivity contribution in [3.63, 3.8) is 0 Å². The van der Waals surface area contributed by atoms with Crippen molar-refractivity contribution in [1.29, 1.82) is 0 Å². The van der Waals surface area contributed by atoms with Crippen molar-refractivity contribution in [2.75, 3.05) is 0 Å². The third-order valence-electron chi connectivity index (χ3n) is 4.93. The molecule has 2 aliphatic rings. The van der Waals surface area contributed by atoms with Crippen LogP contribution in [0.5, 0.6) is 0 Å². The van der Waals surface area contributed by atoms with Gasteiger partial charge in [-0.05, 0) is 60.5 Å². The molecule has 0 spiro atoms. The first-order valence-corrected chi connectivity index (χ1v) is 10.5. The number of aliphatic imine (C=N–C) groups is 1. The van der Waals surface area contributed by atoms with E-state index in [0.717, 1.165) is 34.2 Å². The summed E-state index contributed by atoms with van der Waals surface area (Å²) in [5.41, 5.74) is 1.85. The number of carbonyl (C=O) groups is 1. The van der Waals surface area contributed by atoms with Gasteiger partial charge in [-0.1, -0.05) is 61.2 Å². The zero-order chi connectivity index (χ0) is 18.6. The molecule has 0 atom stereocenters. The summed E-state index contributed by atoms with van der Waals surface area (Å²) in [7, 11) is 0. The molecule has 4 rings (SSSR count). The number of amidine groups is 1. The fraction of sp³-hybridized carbons (Fsp3) is 0.273. The zero-order valence-corrected chi connectivity index (χ0v) is 16.5. The van der Waals surface area contributed by atoms with Crippen LogP contribution in [0, 0.1) is 0 Å². The molecule has 0 N–H and O–H groups in total. The Morgan fingerprint density at radius 2 is 1.70 bits per heavy atom. The van der Waals surface area contributed by atoms with Gasteiger partial charge in [-0.3, -0.25) is 9.69 Å². The molecule has 3 nitrogen and oxygen atoms in total. The third-order valence-corrected chi connectivity index (χ3v) is 6.16. The SMILES string of the molecule is O=C1/C(=C/c2ccc(Cl)cc2)SC(=Nc2ccccc2)N1C1CCCCC1. The molecule has 5 heteroatoms. The number of rotatable bonds is 3. The number of hydrogen-bond donors (Lipinski definition) is 0. The van der Waals surface area contributed by atoms with E-state index in [1.54, 1.807) is 0 Å². The molecule has 2 aromatic rings. The van der Waals surface area contributed by atoms with Gasteiger partial charge in [-0.15, -0.1) is 0 Å². The number of carbonyl (C=O) groups excluding carboxylic acids is 1. The van der Waals surface area contributed by atoms with Gasteiger partial charge in [0.1, 0.15) is 0 Å². The summed E-state index contributed by atoms with van der Waals surface area (Å²) in [4.78, 5) is 20.6. The molecule has 1 saturated carbocycles. The number of benzene rings is 2. The average Bonchev–Trinajstić information content (AvgIpc) is 3.00. The van der Waals surface area contributed by atoms with Gasteiger partial charge in [0.2, 0.25) is 0 Å². The van der Waals surface area contributed by atoms with Crippen LogP contribution in [0.15, 0.2) is 64.5 Å². The van der Waals surface area contributed by atoms with Crippen molar-refractivity contribution in [1.82, 2.24) is 4.90 Å². The van der Waals surface area contributed by atoms with Crippen molar-refractivity contribution >= 4 is 46.2 Å². The van der Waals surface area contributed by atoms with Crippen LogP contribution in [0.1, 0.15) is 37.7 Å². The molecule has 1 aliphatic carbocycles. The number of amides is 1. The standard InChI is InChI=1S/C22H21ClN2OS/c23-17-13-11-16(12-14-17)15-20-21(26)25(19-9-5-2-6-10-19)22(27-20)24-18-7-3-1-4-8-18/h1,3-4,7-8,11-15,19H,2,5-6,9-10H2/b20-15-,24-22?. The van der Waals surface area contributed by atoms with Crippen LogP contribution in [-0.4, -0.2) is 22.0 Å². The van der Waals surface area contributed by atoms with E-state index in [1.807, 2.05) is 65.6 Å². The van der Waals surface area contributed by atoms with Gasteiger partial charge in [0.25, 0.3) is 5.91 Å². The van der Waals surface area contributed by atoms with Crippen LogP contribution in [0.2, 0.25) is 5.02 Å². The highest BCUT2D eigenvalue weighted by Gasteiger charge is 2.38. The first-order valence-electron chi connectivity index (χ1n) is 9.33. The van der Waals surface area contributed by atoms with Crippen molar-refractivity contribution in [2.24, 2.45) is 4.99 Å². The fourth-order valence-electron chi connectivity index (χ4n) is 3.55. The van der Waals surface area contributed by atoms with E-state index in [1.165, 1.54) is 31.0 Å². The molecule has 1 saturated heterocycles. The first-order chi connectivity index (χ1) is 13.2. The van der Waals surface area contributed by atoms with Crippen molar-refractivity contribution in [2.45, 2.75) is 38.1 Å². The van der Waals surface area contributed by atoms with E-state index in [4.69, 9.17) is 16.6 Å². The fourth-order valence-corrected chi connectivity index (χ4v) is 4.73. The van der Waals surface area contributed by atoms with Crippen molar-refractivity contribution < 1.29 is 4.79 Å². The van der Waals surface area contributed by atoms with Crippen LogP contribution >= 0.6 is 23.4 Å². The highest BCUT2D eigenvalue weighted by Crippen LogP contribution is 2.38. The lowest BCUT2D eigenvalue weighted by atomic mass is 9.94. The predicted molar refractivity (Wildman–Crippen MR) is 114 cm³/mol. The van der Waals surface area contributed by atoms with Gasteiger partial charge < -0.3 is 0 Å². The molecule has 27 heavy (non-hydrogen) atoms. The molecule has 1 heterocycles. The Morgan fingerprint density at radius 3 is 2.41 bits per heavy atom. The molecule has 0 unspecified atom stereocenters. The molecule has 0 aromatic heterocycles. The second-order valence-electron chi connectivity index (χ2n) is 6.86. The smallest absolute Gasteiger partial charge is 0.267 e. The Bertz CT molecular complexity index is 871. The summed E-state index contributed by atoms with van der Waals surface area (Å²) in [5, 5.41) is 1.48. The monoisotopic (exact) mass is 396 g/mol. The summed E-state index contributed by atoms with van der Waals surface area (Å²) < 4.78 is 0. The Morgan fingerprint density at radius 1 is 1.00 bits per heavy atom. The summed E-state index contributed by atoms with van der Waals surface area (Å²) in [5.74, 6) is 0.0662. The largest absolute Gasteiger partial charge is 0.283 e. The lowest BCUT2D eigenvalue weighted by Crippen LogP contribution is -2.40. The highest BCUT2D eigenvalue weighted by molar-refractivity contribution is 8.18. The molecule has 1 aliphatic heterocycles. The number of hydrogen-bond acceptors (Lipinski definition) is 3. The van der Waals surface area contributed by atoms with Gasteiger partial charge in [-0.25, -0.2) is 4.99 Å². The molecular formula is C22H21ClN2OS. The lowest BCUT2D eigenvalue weighted by Gasteiger charge is -2.30. The van der Waals surface area contributed by atoms with Crippen molar-refractivity contribution in [3.8, 4) is 0 Å². The summed E-state index contributed by atoms with van der Waals surface area (Å²) in [6.45, 7) is 0. The maximum atomic E-state index is 13.2. The first kappa shape index (κ1) is 18.3. The topological polar surface area (TPSA) is 32.7 Å². The number of thioether (sulfide) groups is 1. The molecule has 1 amide bonds. The molecule has 138 valence electrons. The number of para-hydroxylation sites is 1. The van der Waals surface area contributed by atoms with Crippen LogP contribution in [0.4, 0.5) is 5.69 Å². The minimum absolute atomic E-state index is 0.0662. The maximum Gasteiger partial charge on any atom is 0.267 e. The van der Waals surface area contributed by atoms with E-state index in [0.29, 0.717) is 5.02 Å². The molecule has 0 radical (unpaired) electrons.